The van der Waals surface area contributed by atoms with Gasteiger partial charge in [0, 0.05) is 28.7 Å². The molecule has 3 aromatic rings. The van der Waals surface area contributed by atoms with Gasteiger partial charge in [0.25, 0.3) is 5.91 Å². The van der Waals surface area contributed by atoms with Crippen LogP contribution < -0.4 is 10.6 Å². The van der Waals surface area contributed by atoms with Crippen molar-refractivity contribution in [3.63, 3.8) is 0 Å². The standard InChI is InChI=1S/C19H20FIN4O3/c1-19(28,10-26)9-23-18(27)15-12-4-3-7-22-16(12)25(2)17(15)24-14-6-5-11(21)8-13(14)20/h3-8,24,26,28H,9-10H2,1-2H3,(H,23,27)/t19-/m0/s1. The van der Waals surface area contributed by atoms with Crippen molar-refractivity contribution in [1.82, 2.24) is 14.9 Å². The van der Waals surface area contributed by atoms with Gasteiger partial charge in [0.2, 0.25) is 0 Å². The fourth-order valence-corrected chi connectivity index (χ4v) is 3.22. The average molecular weight is 498 g/mol. The zero-order chi connectivity index (χ0) is 20.5. The molecule has 9 heteroatoms. The first-order valence-electron chi connectivity index (χ1n) is 8.50. The molecule has 0 aliphatic rings. The number of hydrogen-bond acceptors (Lipinski definition) is 5. The van der Waals surface area contributed by atoms with E-state index in [4.69, 9.17) is 0 Å². The summed E-state index contributed by atoms with van der Waals surface area (Å²) in [6, 6.07) is 8.20. The van der Waals surface area contributed by atoms with Gasteiger partial charge in [-0.15, -0.1) is 0 Å². The van der Waals surface area contributed by atoms with E-state index in [9.17, 15) is 19.4 Å². The summed E-state index contributed by atoms with van der Waals surface area (Å²) in [7, 11) is 1.73. The van der Waals surface area contributed by atoms with E-state index in [-0.39, 0.29) is 17.8 Å². The van der Waals surface area contributed by atoms with Gasteiger partial charge in [-0.1, -0.05) is 0 Å². The topological polar surface area (TPSA) is 99.4 Å². The van der Waals surface area contributed by atoms with Crippen LogP contribution in [0.1, 0.15) is 17.3 Å². The lowest BCUT2D eigenvalue weighted by Gasteiger charge is -2.21. The maximum absolute atomic E-state index is 14.4. The smallest absolute Gasteiger partial charge is 0.255 e. The molecule has 148 valence electrons. The predicted molar refractivity (Wildman–Crippen MR) is 113 cm³/mol. The van der Waals surface area contributed by atoms with Crippen molar-refractivity contribution >= 4 is 51.0 Å². The number of amides is 1. The first-order chi connectivity index (χ1) is 13.2. The SMILES string of the molecule is Cn1c(Nc2ccc(I)cc2F)c(C(=O)NC[C@](C)(O)CO)c2cccnc21. The van der Waals surface area contributed by atoms with Crippen LogP contribution in [0.3, 0.4) is 0 Å². The summed E-state index contributed by atoms with van der Waals surface area (Å²) < 4.78 is 16.8. The van der Waals surface area contributed by atoms with Crippen LogP contribution >= 0.6 is 22.6 Å². The van der Waals surface area contributed by atoms with Crippen molar-refractivity contribution in [2.45, 2.75) is 12.5 Å². The maximum atomic E-state index is 14.4. The van der Waals surface area contributed by atoms with Crippen molar-refractivity contribution in [2.24, 2.45) is 7.05 Å². The molecular weight excluding hydrogens is 478 g/mol. The molecule has 0 spiro atoms. The highest BCUT2D eigenvalue weighted by Gasteiger charge is 2.25. The van der Waals surface area contributed by atoms with E-state index in [1.807, 2.05) is 22.6 Å². The van der Waals surface area contributed by atoms with Gasteiger partial charge >= 0.3 is 0 Å². The molecular formula is C19H20FIN4O3. The summed E-state index contributed by atoms with van der Waals surface area (Å²) in [4.78, 5) is 17.2. The number of rotatable bonds is 6. The summed E-state index contributed by atoms with van der Waals surface area (Å²) in [6.45, 7) is 0.776. The summed E-state index contributed by atoms with van der Waals surface area (Å²) in [5.41, 5.74) is -0.399. The molecule has 0 unspecified atom stereocenters. The van der Waals surface area contributed by atoms with Gasteiger partial charge < -0.3 is 25.4 Å². The van der Waals surface area contributed by atoms with Crippen molar-refractivity contribution < 1.29 is 19.4 Å². The van der Waals surface area contributed by atoms with Gasteiger partial charge in [-0.25, -0.2) is 9.37 Å². The zero-order valence-corrected chi connectivity index (χ0v) is 17.5. The summed E-state index contributed by atoms with van der Waals surface area (Å²) in [6.07, 6.45) is 1.61. The van der Waals surface area contributed by atoms with Crippen molar-refractivity contribution in [3.8, 4) is 0 Å². The third-order valence-corrected chi connectivity index (χ3v) is 5.00. The second-order valence-corrected chi connectivity index (χ2v) is 7.99. The lowest BCUT2D eigenvalue weighted by atomic mass is 10.1. The fraction of sp³-hybridized carbons (Fsp3) is 0.263. The lowest BCUT2D eigenvalue weighted by Crippen LogP contribution is -2.43. The average Bonchev–Trinajstić information content (AvgIpc) is 2.94. The highest BCUT2D eigenvalue weighted by molar-refractivity contribution is 14.1. The molecule has 2 aromatic heterocycles. The molecule has 1 aromatic carbocycles. The number of hydrogen-bond donors (Lipinski definition) is 4. The number of nitrogens with zero attached hydrogens (tertiary/aromatic N) is 2. The second-order valence-electron chi connectivity index (χ2n) is 6.74. The molecule has 1 atom stereocenters. The Morgan fingerprint density at radius 1 is 1.39 bits per heavy atom. The maximum Gasteiger partial charge on any atom is 0.255 e. The van der Waals surface area contributed by atoms with Crippen LogP contribution in [-0.2, 0) is 7.05 Å². The third-order valence-electron chi connectivity index (χ3n) is 4.33. The normalized spacial score (nSPS) is 13.4. The molecule has 0 saturated carbocycles. The Bertz CT molecular complexity index is 1040. The van der Waals surface area contributed by atoms with Gasteiger partial charge in [0.05, 0.1) is 17.9 Å². The molecule has 0 aliphatic carbocycles. The van der Waals surface area contributed by atoms with E-state index in [2.05, 4.69) is 15.6 Å². The molecule has 0 aliphatic heterocycles. The monoisotopic (exact) mass is 498 g/mol. The molecule has 0 saturated heterocycles. The van der Waals surface area contributed by atoms with Crippen LogP contribution in [-0.4, -0.2) is 44.4 Å². The van der Waals surface area contributed by atoms with E-state index < -0.39 is 23.9 Å². The highest BCUT2D eigenvalue weighted by Crippen LogP contribution is 2.31. The molecule has 0 bridgehead atoms. The fourth-order valence-electron chi connectivity index (χ4n) is 2.77. The van der Waals surface area contributed by atoms with E-state index in [1.54, 1.807) is 42.1 Å². The minimum absolute atomic E-state index is 0.143. The van der Waals surface area contributed by atoms with Crippen molar-refractivity contribution in [2.75, 3.05) is 18.5 Å². The van der Waals surface area contributed by atoms with E-state index in [1.165, 1.54) is 13.0 Å². The Kier molecular flexibility index (Phi) is 5.87. The molecule has 7 nitrogen and oxygen atoms in total. The summed E-state index contributed by atoms with van der Waals surface area (Å²) in [5, 5.41) is 25.3. The summed E-state index contributed by atoms with van der Waals surface area (Å²) in [5.74, 6) is -0.546. The number of pyridine rings is 1. The number of carbonyl (C=O) groups is 1. The number of nitrogens with one attached hydrogen (secondary N) is 2. The number of carbonyl (C=O) groups excluding carboxylic acids is 1. The Balaban J connectivity index is 2.05. The first-order valence-corrected chi connectivity index (χ1v) is 9.58. The molecule has 3 rings (SSSR count). The Hall–Kier alpha value is -2.24. The number of anilines is 2. The van der Waals surface area contributed by atoms with E-state index in [0.29, 0.717) is 16.9 Å². The van der Waals surface area contributed by atoms with Crippen LogP contribution in [0.15, 0.2) is 36.5 Å². The van der Waals surface area contributed by atoms with Crippen LogP contribution in [0.4, 0.5) is 15.9 Å². The number of benzene rings is 1. The van der Waals surface area contributed by atoms with Crippen molar-refractivity contribution in [1.29, 1.82) is 0 Å². The molecule has 28 heavy (non-hydrogen) atoms. The highest BCUT2D eigenvalue weighted by atomic mass is 127. The molecule has 0 radical (unpaired) electrons. The van der Waals surface area contributed by atoms with Crippen LogP contribution in [0.2, 0.25) is 0 Å². The first kappa shape index (κ1) is 20.5. The number of aliphatic hydroxyl groups is 2. The van der Waals surface area contributed by atoms with Crippen LogP contribution in [0.5, 0.6) is 0 Å². The Morgan fingerprint density at radius 3 is 2.82 bits per heavy atom. The Labute approximate surface area is 174 Å². The van der Waals surface area contributed by atoms with Gasteiger partial charge in [-0.3, -0.25) is 4.79 Å². The quantitative estimate of drug-likeness (QED) is 0.392. The van der Waals surface area contributed by atoms with Gasteiger partial charge in [0.1, 0.15) is 22.9 Å². The number of aryl methyl sites for hydroxylation is 1. The largest absolute Gasteiger partial charge is 0.393 e. The van der Waals surface area contributed by atoms with Gasteiger partial charge in [0.15, 0.2) is 0 Å². The van der Waals surface area contributed by atoms with Crippen molar-refractivity contribution in [3.05, 3.63) is 51.5 Å². The zero-order valence-electron chi connectivity index (χ0n) is 15.3. The number of aliphatic hydroxyl groups excluding tert-OH is 1. The van der Waals surface area contributed by atoms with Gasteiger partial charge in [-0.2, -0.15) is 0 Å². The molecule has 1 amide bonds. The van der Waals surface area contributed by atoms with E-state index in [0.717, 1.165) is 3.57 Å². The predicted octanol–water partition coefficient (Wildman–Crippen LogP) is 2.53. The Morgan fingerprint density at radius 2 is 2.14 bits per heavy atom. The number of halogens is 2. The molecule has 0 fully saturated rings. The second kappa shape index (κ2) is 8.02. The minimum atomic E-state index is -1.45. The number of aromatic nitrogens is 2. The van der Waals surface area contributed by atoms with Gasteiger partial charge in [-0.05, 0) is 59.8 Å². The summed E-state index contributed by atoms with van der Waals surface area (Å²) >= 11 is 2.02. The number of fused-ring (bicyclic) bond motifs is 1. The minimum Gasteiger partial charge on any atom is -0.393 e. The third kappa shape index (κ3) is 4.10. The molecule has 4 N–H and O–H groups in total. The van der Waals surface area contributed by atoms with E-state index >= 15 is 0 Å². The molecule has 2 heterocycles. The van der Waals surface area contributed by atoms with Crippen LogP contribution in [0, 0.1) is 9.39 Å². The van der Waals surface area contributed by atoms with Crippen LogP contribution in [0.25, 0.3) is 11.0 Å². The lowest BCUT2D eigenvalue weighted by molar-refractivity contribution is 0.00322.